The third-order valence-electron chi connectivity index (χ3n) is 6.56. The minimum atomic E-state index is -4.53. The van der Waals surface area contributed by atoms with Gasteiger partial charge in [-0.25, -0.2) is 8.42 Å². The molecule has 0 radical (unpaired) electrons. The summed E-state index contributed by atoms with van der Waals surface area (Å²) < 4.78 is 69.7. The molecule has 2 heterocycles. The highest BCUT2D eigenvalue weighted by Crippen LogP contribution is 2.34. The molecule has 0 unspecified atom stereocenters. The van der Waals surface area contributed by atoms with Crippen molar-refractivity contribution in [2.45, 2.75) is 37.6 Å². The summed E-state index contributed by atoms with van der Waals surface area (Å²) in [6.07, 6.45) is -3.35. The Morgan fingerprint density at radius 2 is 1.59 bits per heavy atom. The highest BCUT2D eigenvalue weighted by molar-refractivity contribution is 7.90. The molecule has 0 aliphatic heterocycles. The normalized spacial score (nSPS) is 12.5. The van der Waals surface area contributed by atoms with Crippen LogP contribution in [0.2, 0.25) is 0 Å². The fourth-order valence-electron chi connectivity index (χ4n) is 4.61. The Bertz CT molecular complexity index is 1720. The maximum atomic E-state index is 13.1. The summed E-state index contributed by atoms with van der Waals surface area (Å²) in [6, 6.07) is 25.0. The van der Waals surface area contributed by atoms with Crippen molar-refractivity contribution >= 4 is 31.3 Å². The molecule has 0 bridgehead atoms. The molecule has 0 aliphatic rings. The Morgan fingerprint density at radius 1 is 0.846 bits per heavy atom. The summed E-state index contributed by atoms with van der Waals surface area (Å²) in [6.45, 7) is 3.29. The Kier molecular flexibility index (Phi) is 7.41. The maximum Gasteiger partial charge on any atom is 0.449 e. The Hall–Kier alpha value is -3.40. The third kappa shape index (κ3) is 6.27. The molecule has 4 nitrogen and oxygen atoms in total. The zero-order chi connectivity index (χ0) is 27.8. The first-order chi connectivity index (χ1) is 18.5. The van der Waals surface area contributed by atoms with Gasteiger partial charge in [-0.2, -0.15) is 13.2 Å². The topological polar surface area (TPSA) is 50.5 Å². The van der Waals surface area contributed by atoms with Gasteiger partial charge in [0.05, 0.1) is 11.4 Å². The number of rotatable bonds is 8. The molecule has 0 amide bonds. The first-order valence-corrected chi connectivity index (χ1v) is 14.9. The molecule has 0 N–H and O–H groups in total. The van der Waals surface area contributed by atoms with Crippen molar-refractivity contribution in [1.82, 2.24) is 4.90 Å². The molecule has 202 valence electrons. The highest BCUT2D eigenvalue weighted by atomic mass is 32.2. The number of furan rings is 1. The molecule has 0 fully saturated rings. The molecule has 39 heavy (non-hydrogen) atoms. The molecule has 5 rings (SSSR count). The summed E-state index contributed by atoms with van der Waals surface area (Å²) in [7, 11) is -3.32. The van der Waals surface area contributed by atoms with Gasteiger partial charge in [0.2, 0.25) is 5.76 Å². The molecule has 0 spiro atoms. The standard InChI is InChI=1S/C30H26F3NO3S2/c1-20-27(26-8-3-4-9-28(26)38-20)19-34(18-24-14-15-29(37-24)30(31,32)33)17-21-10-12-22(13-11-21)23-6-5-7-25(16-23)39(2,35)36/h3-16H,17-19H2,1-2H3. The second-order valence-electron chi connectivity index (χ2n) is 9.54. The first-order valence-electron chi connectivity index (χ1n) is 12.2. The van der Waals surface area contributed by atoms with Gasteiger partial charge in [0.1, 0.15) is 5.76 Å². The van der Waals surface area contributed by atoms with E-state index in [0.717, 1.165) is 38.6 Å². The van der Waals surface area contributed by atoms with Crippen LogP contribution in [0.5, 0.6) is 0 Å². The molecule has 2 aromatic heterocycles. The molecular formula is C30H26F3NO3S2. The molecule has 0 saturated heterocycles. The number of benzene rings is 3. The van der Waals surface area contributed by atoms with E-state index in [1.54, 1.807) is 29.5 Å². The Balaban J connectivity index is 1.42. The smallest absolute Gasteiger partial charge is 0.449 e. The van der Waals surface area contributed by atoms with E-state index in [2.05, 4.69) is 24.0 Å². The predicted octanol–water partition coefficient (Wildman–Crippen LogP) is 8.09. The number of thiophene rings is 1. The minimum Gasteiger partial charge on any atom is -0.455 e. The van der Waals surface area contributed by atoms with Crippen molar-refractivity contribution in [3.63, 3.8) is 0 Å². The quantitative estimate of drug-likeness (QED) is 0.190. The van der Waals surface area contributed by atoms with E-state index in [-0.39, 0.29) is 17.2 Å². The number of halogens is 3. The van der Waals surface area contributed by atoms with E-state index in [1.165, 1.54) is 17.0 Å². The van der Waals surface area contributed by atoms with Crippen LogP contribution in [0, 0.1) is 6.92 Å². The van der Waals surface area contributed by atoms with E-state index in [9.17, 15) is 21.6 Å². The number of fused-ring (bicyclic) bond motifs is 1. The molecule has 9 heteroatoms. The fraction of sp³-hybridized carbons (Fsp3) is 0.200. The van der Waals surface area contributed by atoms with E-state index < -0.39 is 21.8 Å². The van der Waals surface area contributed by atoms with Gasteiger partial charge in [0.15, 0.2) is 9.84 Å². The molecule has 0 saturated carbocycles. The van der Waals surface area contributed by atoms with E-state index in [1.807, 2.05) is 42.5 Å². The van der Waals surface area contributed by atoms with Crippen molar-refractivity contribution in [3.8, 4) is 11.1 Å². The van der Waals surface area contributed by atoms with Gasteiger partial charge in [-0.3, -0.25) is 4.90 Å². The summed E-state index contributed by atoms with van der Waals surface area (Å²) in [5, 5.41) is 1.14. The van der Waals surface area contributed by atoms with Crippen molar-refractivity contribution in [2.75, 3.05) is 6.26 Å². The van der Waals surface area contributed by atoms with Gasteiger partial charge in [-0.15, -0.1) is 11.3 Å². The van der Waals surface area contributed by atoms with E-state index in [0.29, 0.717) is 13.1 Å². The van der Waals surface area contributed by atoms with Gasteiger partial charge >= 0.3 is 6.18 Å². The van der Waals surface area contributed by atoms with Gasteiger partial charge in [-0.05, 0) is 64.9 Å². The van der Waals surface area contributed by atoms with Crippen LogP contribution in [0.3, 0.4) is 0 Å². The minimum absolute atomic E-state index is 0.206. The van der Waals surface area contributed by atoms with Crippen LogP contribution in [-0.4, -0.2) is 19.6 Å². The lowest BCUT2D eigenvalue weighted by molar-refractivity contribution is -0.153. The number of sulfone groups is 1. The summed E-state index contributed by atoms with van der Waals surface area (Å²) in [4.78, 5) is 3.49. The van der Waals surface area contributed by atoms with Crippen LogP contribution in [0.1, 0.15) is 27.5 Å². The second kappa shape index (κ2) is 10.6. The lowest BCUT2D eigenvalue weighted by atomic mass is 10.0. The number of hydrogen-bond donors (Lipinski definition) is 0. The molecule has 0 aliphatic carbocycles. The largest absolute Gasteiger partial charge is 0.455 e. The first kappa shape index (κ1) is 27.2. The zero-order valence-corrected chi connectivity index (χ0v) is 23.0. The average Bonchev–Trinajstić information content (AvgIpc) is 3.48. The Morgan fingerprint density at radius 3 is 2.28 bits per heavy atom. The lowest BCUT2D eigenvalue weighted by Gasteiger charge is -2.22. The summed E-state index contributed by atoms with van der Waals surface area (Å²) in [5.41, 5.74) is 3.78. The fourth-order valence-corrected chi connectivity index (χ4v) is 6.35. The predicted molar refractivity (Wildman–Crippen MR) is 148 cm³/mol. The highest BCUT2D eigenvalue weighted by Gasteiger charge is 2.35. The van der Waals surface area contributed by atoms with Crippen LogP contribution >= 0.6 is 11.3 Å². The molecule has 5 aromatic rings. The van der Waals surface area contributed by atoms with Gasteiger partial charge < -0.3 is 4.42 Å². The molecule has 0 atom stereocenters. The van der Waals surface area contributed by atoms with Crippen LogP contribution in [-0.2, 0) is 35.6 Å². The van der Waals surface area contributed by atoms with Crippen LogP contribution in [0.4, 0.5) is 13.2 Å². The van der Waals surface area contributed by atoms with Crippen molar-refractivity contribution < 1.29 is 26.0 Å². The maximum absolute atomic E-state index is 13.1. The molecule has 3 aromatic carbocycles. The average molecular weight is 570 g/mol. The van der Waals surface area contributed by atoms with Crippen molar-refractivity contribution in [3.05, 3.63) is 112 Å². The molecular weight excluding hydrogens is 543 g/mol. The summed E-state index contributed by atoms with van der Waals surface area (Å²) >= 11 is 1.70. The Labute approximate surface area is 229 Å². The van der Waals surface area contributed by atoms with E-state index in [4.69, 9.17) is 4.42 Å². The monoisotopic (exact) mass is 569 g/mol. The number of hydrogen-bond acceptors (Lipinski definition) is 5. The zero-order valence-electron chi connectivity index (χ0n) is 21.3. The van der Waals surface area contributed by atoms with Crippen LogP contribution < -0.4 is 0 Å². The SMILES string of the molecule is Cc1sc2ccccc2c1CN(Cc1ccc(-c2cccc(S(C)(=O)=O)c2)cc1)Cc1ccc(C(F)(F)F)o1. The van der Waals surface area contributed by atoms with E-state index >= 15 is 0 Å². The van der Waals surface area contributed by atoms with Crippen molar-refractivity contribution in [2.24, 2.45) is 0 Å². The lowest BCUT2D eigenvalue weighted by Crippen LogP contribution is -2.22. The van der Waals surface area contributed by atoms with Crippen molar-refractivity contribution in [1.29, 1.82) is 0 Å². The number of alkyl halides is 3. The van der Waals surface area contributed by atoms with Crippen LogP contribution in [0.25, 0.3) is 21.2 Å². The second-order valence-corrected chi connectivity index (χ2v) is 12.8. The van der Waals surface area contributed by atoms with Gasteiger partial charge in [-0.1, -0.05) is 54.6 Å². The third-order valence-corrected chi connectivity index (χ3v) is 8.80. The summed E-state index contributed by atoms with van der Waals surface area (Å²) in [5.74, 6) is -0.760. The van der Waals surface area contributed by atoms with Gasteiger partial charge in [0, 0.05) is 28.9 Å². The number of nitrogens with zero attached hydrogens (tertiary/aromatic N) is 1. The number of aryl methyl sites for hydroxylation is 1. The van der Waals surface area contributed by atoms with Crippen LogP contribution in [0.15, 0.2) is 94.2 Å². The van der Waals surface area contributed by atoms with Gasteiger partial charge in [0.25, 0.3) is 0 Å².